The molecule has 22 heavy (non-hydrogen) atoms. The molecule has 0 unspecified atom stereocenters. The Labute approximate surface area is 134 Å². The standard InChI is InChI=1S/C16H18N2O3S/c1-10-14(19)18(15(22)17-10)11-5-6-12-13(9-11)21-16(20-12)7-3-2-4-8-16/h5-6,9-10H,2-4,7-8H2,1H3,(H,17,22)/t10-/m1/s1. The second-order valence-corrected chi connectivity index (χ2v) is 6.54. The van der Waals surface area contributed by atoms with Gasteiger partial charge in [0.05, 0.1) is 5.69 Å². The highest BCUT2D eigenvalue weighted by Gasteiger charge is 2.43. The molecule has 1 N–H and O–H groups in total. The molecule has 1 aliphatic carbocycles. The molecule has 0 aromatic heterocycles. The fraction of sp³-hybridized carbons (Fsp3) is 0.500. The first-order chi connectivity index (χ1) is 10.6. The van der Waals surface area contributed by atoms with E-state index < -0.39 is 5.79 Å². The molecular formula is C16H18N2O3S. The molecular weight excluding hydrogens is 300 g/mol. The van der Waals surface area contributed by atoms with Crippen molar-refractivity contribution in [2.24, 2.45) is 0 Å². The zero-order chi connectivity index (χ0) is 15.3. The summed E-state index contributed by atoms with van der Waals surface area (Å²) in [5.74, 6) is 0.912. The van der Waals surface area contributed by atoms with Crippen LogP contribution in [0.5, 0.6) is 11.5 Å². The molecule has 1 aromatic rings. The van der Waals surface area contributed by atoms with Crippen molar-refractivity contribution < 1.29 is 14.3 Å². The van der Waals surface area contributed by atoms with E-state index in [9.17, 15) is 4.79 Å². The number of carbonyl (C=O) groups is 1. The lowest BCUT2D eigenvalue weighted by Crippen LogP contribution is -2.40. The number of amides is 1. The number of carbonyl (C=O) groups excluding carboxylic acids is 1. The lowest BCUT2D eigenvalue weighted by molar-refractivity contribution is -0.117. The van der Waals surface area contributed by atoms with Gasteiger partial charge in [0.25, 0.3) is 11.7 Å². The van der Waals surface area contributed by atoms with Crippen LogP contribution in [-0.2, 0) is 4.79 Å². The number of hydrogen-bond donors (Lipinski definition) is 1. The number of fused-ring (bicyclic) bond motifs is 1. The molecule has 3 aliphatic rings. The van der Waals surface area contributed by atoms with E-state index in [0.29, 0.717) is 10.9 Å². The van der Waals surface area contributed by atoms with Crippen molar-refractivity contribution in [3.05, 3.63) is 18.2 Å². The van der Waals surface area contributed by atoms with E-state index in [1.54, 1.807) is 6.92 Å². The van der Waals surface area contributed by atoms with Crippen molar-refractivity contribution in [2.45, 2.75) is 50.9 Å². The number of nitrogens with zero attached hydrogens (tertiary/aromatic N) is 1. The van der Waals surface area contributed by atoms with Crippen molar-refractivity contribution in [2.75, 3.05) is 4.90 Å². The molecule has 0 bridgehead atoms. The molecule has 4 rings (SSSR count). The molecule has 2 heterocycles. The van der Waals surface area contributed by atoms with Crippen LogP contribution < -0.4 is 19.7 Å². The molecule has 1 amide bonds. The van der Waals surface area contributed by atoms with Gasteiger partial charge in [0.15, 0.2) is 16.6 Å². The fourth-order valence-corrected chi connectivity index (χ4v) is 3.74. The molecule has 116 valence electrons. The summed E-state index contributed by atoms with van der Waals surface area (Å²) in [6.07, 6.45) is 5.30. The number of benzene rings is 1. The lowest BCUT2D eigenvalue weighted by atomic mass is 9.94. The molecule has 2 fully saturated rings. The van der Waals surface area contributed by atoms with Gasteiger partial charge in [-0.15, -0.1) is 0 Å². The van der Waals surface area contributed by atoms with Crippen LogP contribution in [0.3, 0.4) is 0 Å². The Morgan fingerprint density at radius 2 is 1.95 bits per heavy atom. The maximum atomic E-state index is 12.2. The van der Waals surface area contributed by atoms with Gasteiger partial charge in [-0.1, -0.05) is 6.42 Å². The topological polar surface area (TPSA) is 50.8 Å². The van der Waals surface area contributed by atoms with Gasteiger partial charge >= 0.3 is 0 Å². The summed E-state index contributed by atoms with van der Waals surface area (Å²) >= 11 is 5.25. The van der Waals surface area contributed by atoms with E-state index in [2.05, 4.69) is 5.32 Å². The van der Waals surface area contributed by atoms with Crippen LogP contribution >= 0.6 is 12.2 Å². The summed E-state index contributed by atoms with van der Waals surface area (Å²) in [4.78, 5) is 13.7. The van der Waals surface area contributed by atoms with Gasteiger partial charge in [-0.25, -0.2) is 0 Å². The molecule has 1 spiro atoms. The number of rotatable bonds is 1. The number of thiocarbonyl (C=S) groups is 1. The Morgan fingerprint density at radius 1 is 1.23 bits per heavy atom. The third kappa shape index (κ3) is 2.05. The van der Waals surface area contributed by atoms with E-state index in [4.69, 9.17) is 21.7 Å². The van der Waals surface area contributed by atoms with Crippen molar-refractivity contribution in [1.29, 1.82) is 0 Å². The smallest absolute Gasteiger partial charge is 0.255 e. The van der Waals surface area contributed by atoms with Gasteiger partial charge in [0.1, 0.15) is 6.04 Å². The largest absolute Gasteiger partial charge is 0.448 e. The number of anilines is 1. The van der Waals surface area contributed by atoms with Gasteiger partial charge in [-0.3, -0.25) is 9.69 Å². The van der Waals surface area contributed by atoms with E-state index >= 15 is 0 Å². The average Bonchev–Trinajstić information content (AvgIpc) is 2.96. The van der Waals surface area contributed by atoms with E-state index in [1.165, 1.54) is 11.3 Å². The molecule has 0 radical (unpaired) electrons. The highest BCUT2D eigenvalue weighted by atomic mass is 32.1. The van der Waals surface area contributed by atoms with Gasteiger partial charge in [-0.2, -0.15) is 0 Å². The van der Waals surface area contributed by atoms with Gasteiger partial charge in [0.2, 0.25) is 0 Å². The molecule has 1 aromatic carbocycles. The Hall–Kier alpha value is -1.82. The zero-order valence-electron chi connectivity index (χ0n) is 12.4. The monoisotopic (exact) mass is 318 g/mol. The Kier molecular flexibility index (Phi) is 3.04. The maximum Gasteiger partial charge on any atom is 0.255 e. The zero-order valence-corrected chi connectivity index (χ0v) is 13.2. The van der Waals surface area contributed by atoms with E-state index in [1.807, 2.05) is 18.2 Å². The summed E-state index contributed by atoms with van der Waals surface area (Å²) in [6.45, 7) is 1.80. The minimum atomic E-state index is -0.500. The first kappa shape index (κ1) is 13.8. The summed E-state index contributed by atoms with van der Waals surface area (Å²) in [5, 5.41) is 3.41. The van der Waals surface area contributed by atoms with Crippen LogP contribution in [0, 0.1) is 0 Å². The van der Waals surface area contributed by atoms with Crippen LogP contribution in [0.15, 0.2) is 18.2 Å². The highest BCUT2D eigenvalue weighted by Crippen LogP contribution is 2.47. The van der Waals surface area contributed by atoms with Gasteiger partial charge < -0.3 is 14.8 Å². The van der Waals surface area contributed by atoms with E-state index in [-0.39, 0.29) is 11.9 Å². The first-order valence-corrected chi connectivity index (χ1v) is 8.15. The summed E-state index contributed by atoms with van der Waals surface area (Å²) in [6, 6.07) is 5.28. The van der Waals surface area contributed by atoms with Crippen LogP contribution in [0.25, 0.3) is 0 Å². The Morgan fingerprint density at radius 3 is 2.64 bits per heavy atom. The summed E-state index contributed by atoms with van der Waals surface area (Å²) in [7, 11) is 0. The van der Waals surface area contributed by atoms with Crippen molar-refractivity contribution in [3.8, 4) is 11.5 Å². The minimum Gasteiger partial charge on any atom is -0.448 e. The van der Waals surface area contributed by atoms with Crippen molar-refractivity contribution in [1.82, 2.24) is 5.32 Å². The molecule has 5 nitrogen and oxygen atoms in total. The summed E-state index contributed by atoms with van der Waals surface area (Å²) in [5.41, 5.74) is 0.724. The minimum absolute atomic E-state index is 0.0451. The number of hydrogen-bond acceptors (Lipinski definition) is 4. The quantitative estimate of drug-likeness (QED) is 0.807. The molecule has 6 heteroatoms. The third-order valence-corrected chi connectivity index (χ3v) is 4.83. The Bertz CT molecular complexity index is 655. The molecule has 1 atom stereocenters. The normalized spacial score (nSPS) is 25.7. The second kappa shape index (κ2) is 4.84. The first-order valence-electron chi connectivity index (χ1n) is 7.75. The number of nitrogens with one attached hydrogen (secondary N) is 1. The van der Waals surface area contributed by atoms with Crippen LogP contribution in [0.1, 0.15) is 39.0 Å². The fourth-order valence-electron chi connectivity index (χ4n) is 3.37. The summed E-state index contributed by atoms with van der Waals surface area (Å²) < 4.78 is 12.2. The average molecular weight is 318 g/mol. The highest BCUT2D eigenvalue weighted by molar-refractivity contribution is 7.80. The molecule has 1 saturated carbocycles. The van der Waals surface area contributed by atoms with E-state index in [0.717, 1.165) is 37.1 Å². The van der Waals surface area contributed by atoms with Crippen molar-refractivity contribution >= 4 is 28.9 Å². The predicted molar refractivity (Wildman–Crippen MR) is 86.2 cm³/mol. The van der Waals surface area contributed by atoms with Crippen LogP contribution in [0.4, 0.5) is 5.69 Å². The van der Waals surface area contributed by atoms with Gasteiger partial charge in [-0.05, 0) is 44.1 Å². The lowest BCUT2D eigenvalue weighted by Gasteiger charge is -2.31. The van der Waals surface area contributed by atoms with Crippen molar-refractivity contribution in [3.63, 3.8) is 0 Å². The predicted octanol–water partition coefficient (Wildman–Crippen LogP) is 2.73. The number of ether oxygens (including phenoxy) is 2. The molecule has 2 aliphatic heterocycles. The maximum absolute atomic E-state index is 12.2. The third-order valence-electron chi connectivity index (χ3n) is 4.53. The van der Waals surface area contributed by atoms with Gasteiger partial charge in [0, 0.05) is 18.9 Å². The molecule has 1 saturated heterocycles. The Balaban J connectivity index is 1.63. The van der Waals surface area contributed by atoms with Crippen LogP contribution in [0.2, 0.25) is 0 Å². The second-order valence-electron chi connectivity index (χ2n) is 6.15. The SMILES string of the molecule is C[C@H]1NC(=S)N(c2ccc3c(c2)OC2(CCCCC2)O3)C1=O. The van der Waals surface area contributed by atoms with Crippen LogP contribution in [-0.4, -0.2) is 22.8 Å².